The van der Waals surface area contributed by atoms with Crippen LogP contribution < -0.4 is 15.0 Å². The molecule has 2 heterocycles. The number of methoxy groups -OCH3 is 1. The fraction of sp³-hybridized carbons (Fsp3) is 0.714. The molecule has 0 saturated carbocycles. The van der Waals surface area contributed by atoms with Gasteiger partial charge in [-0.1, -0.05) is 6.92 Å². The molecule has 0 bridgehead atoms. The van der Waals surface area contributed by atoms with Crippen LogP contribution in [0.3, 0.4) is 0 Å². The lowest BCUT2D eigenvalue weighted by Crippen LogP contribution is -2.38. The number of aromatic nitrogens is 2. The van der Waals surface area contributed by atoms with Crippen LogP contribution in [-0.4, -0.2) is 42.8 Å². The van der Waals surface area contributed by atoms with Gasteiger partial charge in [0.25, 0.3) is 0 Å². The van der Waals surface area contributed by atoms with E-state index in [0.29, 0.717) is 11.9 Å². The Morgan fingerprint density at radius 2 is 2.32 bits per heavy atom. The first-order chi connectivity index (χ1) is 9.24. The second-order valence-electron chi connectivity index (χ2n) is 5.01. The highest BCUT2D eigenvalue weighted by Crippen LogP contribution is 2.25. The molecule has 106 valence electrons. The van der Waals surface area contributed by atoms with Gasteiger partial charge in [-0.15, -0.1) is 0 Å². The minimum Gasteiger partial charge on any atom is -0.481 e. The summed E-state index contributed by atoms with van der Waals surface area (Å²) >= 11 is 0. The first kappa shape index (κ1) is 14.1. The van der Waals surface area contributed by atoms with E-state index < -0.39 is 0 Å². The summed E-state index contributed by atoms with van der Waals surface area (Å²) in [4.78, 5) is 11.2. The van der Waals surface area contributed by atoms with Gasteiger partial charge in [-0.05, 0) is 32.7 Å². The third kappa shape index (κ3) is 3.56. The largest absolute Gasteiger partial charge is 0.481 e. The molecular weight excluding hydrogens is 240 g/mol. The molecule has 1 unspecified atom stereocenters. The quantitative estimate of drug-likeness (QED) is 0.793. The van der Waals surface area contributed by atoms with Gasteiger partial charge in [0.2, 0.25) is 5.88 Å². The Morgan fingerprint density at radius 3 is 3.05 bits per heavy atom. The van der Waals surface area contributed by atoms with Crippen molar-refractivity contribution in [1.29, 1.82) is 0 Å². The average molecular weight is 264 g/mol. The molecule has 1 aliphatic rings. The summed E-state index contributed by atoms with van der Waals surface area (Å²) in [6, 6.07) is 2.47. The molecule has 1 aromatic rings. The minimum absolute atomic E-state index is 0.533. The predicted molar refractivity (Wildman–Crippen MR) is 76.8 cm³/mol. The topological polar surface area (TPSA) is 50.3 Å². The zero-order chi connectivity index (χ0) is 13.7. The van der Waals surface area contributed by atoms with Gasteiger partial charge in [0.15, 0.2) is 0 Å². The molecule has 0 radical (unpaired) electrons. The van der Waals surface area contributed by atoms with Gasteiger partial charge < -0.3 is 15.0 Å². The molecule has 0 aliphatic carbocycles. The Kier molecular flexibility index (Phi) is 4.96. The van der Waals surface area contributed by atoms with Crippen LogP contribution in [0.5, 0.6) is 5.88 Å². The monoisotopic (exact) mass is 264 g/mol. The second kappa shape index (κ2) is 6.70. The molecule has 1 aromatic heterocycles. The molecule has 5 heteroatoms. The molecule has 1 saturated heterocycles. The molecule has 1 fully saturated rings. The number of rotatable bonds is 6. The fourth-order valence-electron chi connectivity index (χ4n) is 2.57. The molecule has 0 aromatic carbocycles. The molecule has 19 heavy (non-hydrogen) atoms. The van der Waals surface area contributed by atoms with Crippen molar-refractivity contribution in [2.75, 3.05) is 31.6 Å². The number of hydrogen-bond donors (Lipinski definition) is 1. The molecular formula is C14H24N4O. The van der Waals surface area contributed by atoms with Crippen molar-refractivity contribution >= 4 is 5.82 Å². The van der Waals surface area contributed by atoms with Gasteiger partial charge in [-0.25, -0.2) is 4.98 Å². The molecule has 0 spiro atoms. The number of nitrogens with one attached hydrogen (secondary N) is 1. The zero-order valence-electron chi connectivity index (χ0n) is 12.1. The van der Waals surface area contributed by atoms with E-state index in [2.05, 4.69) is 27.1 Å². The number of aryl methyl sites for hydroxylation is 1. The predicted octanol–water partition coefficient (Wildman–Crippen LogP) is 1.76. The van der Waals surface area contributed by atoms with Crippen LogP contribution in [0.15, 0.2) is 6.07 Å². The van der Waals surface area contributed by atoms with Crippen molar-refractivity contribution in [1.82, 2.24) is 15.3 Å². The van der Waals surface area contributed by atoms with Crippen LogP contribution in [0.2, 0.25) is 0 Å². The van der Waals surface area contributed by atoms with Gasteiger partial charge >= 0.3 is 0 Å². The highest BCUT2D eigenvalue weighted by Gasteiger charge is 2.25. The summed E-state index contributed by atoms with van der Waals surface area (Å²) in [6.07, 6.45) is 3.62. The van der Waals surface area contributed by atoms with Crippen LogP contribution in [0.25, 0.3) is 0 Å². The Labute approximate surface area is 115 Å². The SMILES string of the molecule is CCCNCC1CCCN1c1cc(OC)nc(C)n1. The van der Waals surface area contributed by atoms with Crippen molar-refractivity contribution in [2.45, 2.75) is 39.2 Å². The summed E-state index contributed by atoms with van der Waals surface area (Å²) in [5.41, 5.74) is 0. The van der Waals surface area contributed by atoms with Crippen LogP contribution in [0.1, 0.15) is 32.0 Å². The Hall–Kier alpha value is -1.36. The van der Waals surface area contributed by atoms with Gasteiger partial charge in [0.1, 0.15) is 11.6 Å². The van der Waals surface area contributed by atoms with E-state index in [1.54, 1.807) is 7.11 Å². The van der Waals surface area contributed by atoms with Gasteiger partial charge in [-0.3, -0.25) is 0 Å². The summed E-state index contributed by atoms with van der Waals surface area (Å²) in [7, 11) is 1.65. The lowest BCUT2D eigenvalue weighted by molar-refractivity contribution is 0.395. The highest BCUT2D eigenvalue weighted by molar-refractivity contribution is 5.44. The Bertz CT molecular complexity index is 410. The fourth-order valence-corrected chi connectivity index (χ4v) is 2.57. The summed E-state index contributed by atoms with van der Waals surface area (Å²) in [5.74, 6) is 2.40. The van der Waals surface area contributed by atoms with E-state index in [4.69, 9.17) is 4.74 Å². The molecule has 0 amide bonds. The van der Waals surface area contributed by atoms with Crippen LogP contribution in [0, 0.1) is 6.92 Å². The molecule has 1 atom stereocenters. The summed E-state index contributed by atoms with van der Waals surface area (Å²) < 4.78 is 5.24. The van der Waals surface area contributed by atoms with Crippen LogP contribution in [-0.2, 0) is 0 Å². The van der Waals surface area contributed by atoms with E-state index in [1.807, 2.05) is 13.0 Å². The molecule has 1 N–H and O–H groups in total. The van der Waals surface area contributed by atoms with Crippen LogP contribution in [0.4, 0.5) is 5.82 Å². The lowest BCUT2D eigenvalue weighted by atomic mass is 10.2. The van der Waals surface area contributed by atoms with Crippen molar-refractivity contribution < 1.29 is 4.74 Å². The number of nitrogens with zero attached hydrogens (tertiary/aromatic N) is 3. The molecule has 2 rings (SSSR count). The average Bonchev–Trinajstić information content (AvgIpc) is 2.86. The zero-order valence-corrected chi connectivity index (χ0v) is 12.1. The maximum absolute atomic E-state index is 5.24. The van der Waals surface area contributed by atoms with Crippen molar-refractivity contribution in [3.05, 3.63) is 11.9 Å². The van der Waals surface area contributed by atoms with Gasteiger partial charge in [-0.2, -0.15) is 4.98 Å². The van der Waals surface area contributed by atoms with Crippen molar-refractivity contribution in [2.24, 2.45) is 0 Å². The Balaban J connectivity index is 2.08. The summed E-state index contributed by atoms with van der Waals surface area (Å²) in [5, 5.41) is 3.50. The lowest BCUT2D eigenvalue weighted by Gasteiger charge is -2.26. The van der Waals surface area contributed by atoms with E-state index >= 15 is 0 Å². The Morgan fingerprint density at radius 1 is 1.47 bits per heavy atom. The molecule has 5 nitrogen and oxygen atoms in total. The number of ether oxygens (including phenoxy) is 1. The van der Waals surface area contributed by atoms with Crippen molar-refractivity contribution in [3.8, 4) is 5.88 Å². The van der Waals surface area contributed by atoms with Gasteiger partial charge in [0.05, 0.1) is 7.11 Å². The third-order valence-corrected chi connectivity index (χ3v) is 3.49. The second-order valence-corrected chi connectivity index (χ2v) is 5.01. The van der Waals surface area contributed by atoms with E-state index in [9.17, 15) is 0 Å². The minimum atomic E-state index is 0.533. The van der Waals surface area contributed by atoms with Crippen molar-refractivity contribution in [3.63, 3.8) is 0 Å². The number of hydrogen-bond acceptors (Lipinski definition) is 5. The van der Waals surface area contributed by atoms with Crippen LogP contribution >= 0.6 is 0 Å². The number of anilines is 1. The first-order valence-electron chi connectivity index (χ1n) is 7.11. The first-order valence-corrected chi connectivity index (χ1v) is 7.11. The van der Waals surface area contributed by atoms with E-state index in [1.165, 1.54) is 19.3 Å². The van der Waals surface area contributed by atoms with Gasteiger partial charge in [0, 0.05) is 25.2 Å². The maximum atomic E-state index is 5.24. The summed E-state index contributed by atoms with van der Waals surface area (Å²) in [6.45, 7) is 7.28. The highest BCUT2D eigenvalue weighted by atomic mass is 16.5. The normalized spacial score (nSPS) is 18.9. The maximum Gasteiger partial charge on any atom is 0.218 e. The third-order valence-electron chi connectivity index (χ3n) is 3.49. The van der Waals surface area contributed by atoms with E-state index in [0.717, 1.165) is 31.3 Å². The smallest absolute Gasteiger partial charge is 0.218 e. The van der Waals surface area contributed by atoms with E-state index in [-0.39, 0.29) is 0 Å². The molecule has 1 aliphatic heterocycles. The standard InChI is InChI=1S/C14H24N4O/c1-4-7-15-10-12-6-5-8-18(12)13-9-14(19-3)17-11(2)16-13/h9,12,15H,4-8,10H2,1-3H3.